The lowest BCUT2D eigenvalue weighted by Gasteiger charge is -2.25. The van der Waals surface area contributed by atoms with Gasteiger partial charge < -0.3 is 15.4 Å². The minimum Gasteiger partial charge on any atom is -0.496 e. The van der Waals surface area contributed by atoms with Gasteiger partial charge in [-0.05, 0) is 43.6 Å². The van der Waals surface area contributed by atoms with E-state index in [2.05, 4.69) is 59.2 Å². The highest BCUT2D eigenvalue weighted by Gasteiger charge is 2.32. The van der Waals surface area contributed by atoms with Crippen LogP contribution in [0.4, 0.5) is 5.69 Å². The van der Waals surface area contributed by atoms with Gasteiger partial charge in [0.2, 0.25) is 0 Å². The smallest absolute Gasteiger partial charge is 0.124 e. The number of anilines is 1. The van der Waals surface area contributed by atoms with Gasteiger partial charge in [0.15, 0.2) is 0 Å². The first-order chi connectivity index (χ1) is 10.8. The Kier molecular flexibility index (Phi) is 4.64. The number of hydrogen-bond acceptors (Lipinski definition) is 3. The molecule has 1 heterocycles. The van der Waals surface area contributed by atoms with Crippen LogP contribution in [0.2, 0.25) is 0 Å². The number of rotatable bonds is 6. The van der Waals surface area contributed by atoms with E-state index in [1.807, 2.05) is 7.05 Å². The van der Waals surface area contributed by atoms with Crippen LogP contribution in [0.25, 0.3) is 0 Å². The minimum atomic E-state index is 0.446. The molecule has 3 nitrogen and oxygen atoms in total. The molecule has 0 bridgehead atoms. The Morgan fingerprint density at radius 2 is 2.00 bits per heavy atom. The summed E-state index contributed by atoms with van der Waals surface area (Å²) >= 11 is 0. The fourth-order valence-electron chi connectivity index (χ4n) is 3.52. The molecule has 0 radical (unpaired) electrons. The van der Waals surface area contributed by atoms with Crippen molar-refractivity contribution in [2.45, 2.75) is 18.3 Å². The largest absolute Gasteiger partial charge is 0.496 e. The van der Waals surface area contributed by atoms with Crippen LogP contribution >= 0.6 is 0 Å². The highest BCUT2D eigenvalue weighted by atomic mass is 16.5. The van der Waals surface area contributed by atoms with Crippen LogP contribution in [-0.4, -0.2) is 27.2 Å². The normalized spacial score (nSPS) is 17.6. The van der Waals surface area contributed by atoms with Crippen LogP contribution < -0.4 is 15.4 Å². The first-order valence-corrected chi connectivity index (χ1v) is 7.95. The lowest BCUT2D eigenvalue weighted by atomic mass is 9.80. The topological polar surface area (TPSA) is 33.3 Å². The van der Waals surface area contributed by atoms with E-state index in [0.29, 0.717) is 11.8 Å². The van der Waals surface area contributed by atoms with Crippen LogP contribution in [0, 0.1) is 0 Å². The number of methoxy groups -OCH3 is 1. The highest BCUT2D eigenvalue weighted by molar-refractivity contribution is 5.64. The average Bonchev–Trinajstić information content (AvgIpc) is 3.00. The zero-order chi connectivity index (χ0) is 15.4. The molecule has 22 heavy (non-hydrogen) atoms. The molecule has 0 spiro atoms. The Morgan fingerprint density at radius 3 is 2.73 bits per heavy atom. The maximum Gasteiger partial charge on any atom is 0.124 e. The molecule has 2 unspecified atom stereocenters. The maximum atomic E-state index is 5.62. The van der Waals surface area contributed by atoms with Crippen molar-refractivity contribution < 1.29 is 4.74 Å². The second-order valence-corrected chi connectivity index (χ2v) is 5.82. The standard InChI is InChI=1S/C19H24N2O/c1-20-12-11-15(14-7-4-3-5-8-14)16-13-21-17-9-6-10-18(22-2)19(16)17/h3-10,15-16,20-21H,11-13H2,1-2H3. The van der Waals surface area contributed by atoms with Gasteiger partial charge in [-0.25, -0.2) is 0 Å². The molecule has 3 heteroatoms. The van der Waals surface area contributed by atoms with E-state index >= 15 is 0 Å². The number of benzene rings is 2. The van der Waals surface area contributed by atoms with Gasteiger partial charge in [-0.3, -0.25) is 0 Å². The summed E-state index contributed by atoms with van der Waals surface area (Å²) in [5, 5.41) is 6.84. The van der Waals surface area contributed by atoms with Crippen molar-refractivity contribution in [3.63, 3.8) is 0 Å². The molecule has 0 saturated carbocycles. The number of ether oxygens (including phenoxy) is 1. The molecule has 1 aliphatic heterocycles. The summed E-state index contributed by atoms with van der Waals surface area (Å²) in [6.07, 6.45) is 1.12. The minimum absolute atomic E-state index is 0.446. The van der Waals surface area contributed by atoms with Gasteiger partial charge in [0.25, 0.3) is 0 Å². The second-order valence-electron chi connectivity index (χ2n) is 5.82. The van der Waals surface area contributed by atoms with Gasteiger partial charge in [-0.15, -0.1) is 0 Å². The van der Waals surface area contributed by atoms with Crippen molar-refractivity contribution >= 4 is 5.69 Å². The Hall–Kier alpha value is -2.00. The Balaban J connectivity index is 1.97. The zero-order valence-electron chi connectivity index (χ0n) is 13.3. The Bertz CT molecular complexity index is 612. The zero-order valence-corrected chi connectivity index (χ0v) is 13.3. The third kappa shape index (κ3) is 2.81. The van der Waals surface area contributed by atoms with Gasteiger partial charge in [-0.1, -0.05) is 36.4 Å². The van der Waals surface area contributed by atoms with E-state index in [9.17, 15) is 0 Å². The fourth-order valence-corrected chi connectivity index (χ4v) is 3.52. The van der Waals surface area contributed by atoms with E-state index in [1.165, 1.54) is 16.8 Å². The lowest BCUT2D eigenvalue weighted by Crippen LogP contribution is -2.19. The fraction of sp³-hybridized carbons (Fsp3) is 0.368. The third-order valence-corrected chi connectivity index (χ3v) is 4.59. The van der Waals surface area contributed by atoms with E-state index in [4.69, 9.17) is 4.74 Å². The van der Waals surface area contributed by atoms with E-state index < -0.39 is 0 Å². The van der Waals surface area contributed by atoms with Crippen molar-refractivity contribution in [3.8, 4) is 5.75 Å². The molecular formula is C19H24N2O. The number of hydrogen-bond donors (Lipinski definition) is 2. The summed E-state index contributed by atoms with van der Waals surface area (Å²) in [5.41, 5.74) is 3.95. The SMILES string of the molecule is CNCCC(c1ccccc1)C1CNc2cccc(OC)c21. The number of nitrogens with one attached hydrogen (secondary N) is 2. The molecule has 2 aromatic carbocycles. The first kappa shape index (κ1) is 14.9. The molecule has 3 rings (SSSR count). The van der Waals surface area contributed by atoms with Crippen molar-refractivity contribution in [1.82, 2.24) is 5.32 Å². The predicted octanol–water partition coefficient (Wildman–Crippen LogP) is 3.60. The summed E-state index contributed by atoms with van der Waals surface area (Å²) in [4.78, 5) is 0. The van der Waals surface area contributed by atoms with Crippen LogP contribution in [0.3, 0.4) is 0 Å². The van der Waals surface area contributed by atoms with Crippen molar-refractivity contribution in [2.75, 3.05) is 32.6 Å². The molecule has 0 amide bonds. The van der Waals surface area contributed by atoms with Gasteiger partial charge in [0.1, 0.15) is 5.75 Å². The molecule has 2 N–H and O–H groups in total. The molecule has 116 valence electrons. The first-order valence-electron chi connectivity index (χ1n) is 7.95. The highest BCUT2D eigenvalue weighted by Crippen LogP contribution is 2.46. The van der Waals surface area contributed by atoms with Crippen molar-refractivity contribution in [1.29, 1.82) is 0 Å². The lowest BCUT2D eigenvalue weighted by molar-refractivity contribution is 0.402. The number of fused-ring (bicyclic) bond motifs is 1. The molecule has 0 saturated heterocycles. The second kappa shape index (κ2) is 6.84. The van der Waals surface area contributed by atoms with Crippen LogP contribution in [-0.2, 0) is 0 Å². The van der Waals surface area contributed by atoms with E-state index in [1.54, 1.807) is 7.11 Å². The van der Waals surface area contributed by atoms with Crippen LogP contribution in [0.15, 0.2) is 48.5 Å². The molecule has 2 aromatic rings. The molecule has 2 atom stereocenters. The molecule has 1 aliphatic rings. The van der Waals surface area contributed by atoms with E-state index in [-0.39, 0.29) is 0 Å². The maximum absolute atomic E-state index is 5.62. The Labute approximate surface area is 132 Å². The van der Waals surface area contributed by atoms with Crippen LogP contribution in [0.5, 0.6) is 5.75 Å². The van der Waals surface area contributed by atoms with Gasteiger partial charge in [0.05, 0.1) is 7.11 Å². The molecular weight excluding hydrogens is 272 g/mol. The summed E-state index contributed by atoms with van der Waals surface area (Å²) in [5.74, 6) is 1.93. The van der Waals surface area contributed by atoms with E-state index in [0.717, 1.165) is 25.3 Å². The quantitative estimate of drug-likeness (QED) is 0.854. The average molecular weight is 296 g/mol. The summed E-state index contributed by atoms with van der Waals surface area (Å²) in [7, 11) is 3.78. The van der Waals surface area contributed by atoms with Gasteiger partial charge in [-0.2, -0.15) is 0 Å². The van der Waals surface area contributed by atoms with Crippen LogP contribution in [0.1, 0.15) is 29.4 Å². The van der Waals surface area contributed by atoms with Crippen molar-refractivity contribution in [2.24, 2.45) is 0 Å². The van der Waals surface area contributed by atoms with Crippen molar-refractivity contribution in [3.05, 3.63) is 59.7 Å². The third-order valence-electron chi connectivity index (χ3n) is 4.59. The monoisotopic (exact) mass is 296 g/mol. The summed E-state index contributed by atoms with van der Waals surface area (Å²) in [6, 6.07) is 17.1. The van der Waals surface area contributed by atoms with Gasteiger partial charge >= 0.3 is 0 Å². The summed E-state index contributed by atoms with van der Waals surface area (Å²) in [6.45, 7) is 1.99. The summed E-state index contributed by atoms with van der Waals surface area (Å²) < 4.78 is 5.62. The predicted molar refractivity (Wildman–Crippen MR) is 92.0 cm³/mol. The molecule has 0 aromatic heterocycles. The van der Waals surface area contributed by atoms with Gasteiger partial charge in [0, 0.05) is 23.7 Å². The molecule has 0 aliphatic carbocycles. The Morgan fingerprint density at radius 1 is 1.18 bits per heavy atom. The molecule has 0 fully saturated rings.